The predicted molar refractivity (Wildman–Crippen MR) is 70.1 cm³/mol. The number of thioether (sulfide) groups is 1. The van der Waals surface area contributed by atoms with Gasteiger partial charge in [-0.1, -0.05) is 17.8 Å². The molecule has 6 nitrogen and oxygen atoms in total. The summed E-state index contributed by atoms with van der Waals surface area (Å²) in [6.07, 6.45) is 1.79. The van der Waals surface area contributed by atoms with Crippen molar-refractivity contribution in [2.45, 2.75) is 5.16 Å². The zero-order chi connectivity index (χ0) is 14.3. The van der Waals surface area contributed by atoms with E-state index < -0.39 is 11.6 Å². The van der Waals surface area contributed by atoms with Crippen molar-refractivity contribution < 1.29 is 8.78 Å². The Morgan fingerprint density at radius 1 is 1.20 bits per heavy atom. The second kappa shape index (κ2) is 4.67. The van der Waals surface area contributed by atoms with Gasteiger partial charge in [0.25, 0.3) is 5.78 Å². The fraction of sp³-hybridized carbons (Fsp3) is 0.0909. The first-order valence-corrected chi connectivity index (χ1v) is 6.71. The van der Waals surface area contributed by atoms with Gasteiger partial charge in [-0.2, -0.15) is 19.5 Å². The first-order chi connectivity index (χ1) is 9.60. The van der Waals surface area contributed by atoms with Gasteiger partial charge in [-0.05, 0) is 18.4 Å². The summed E-state index contributed by atoms with van der Waals surface area (Å²) in [5, 5.41) is 4.42. The minimum atomic E-state index is -1.01. The van der Waals surface area contributed by atoms with Gasteiger partial charge in [-0.15, -0.1) is 5.10 Å². The molecule has 0 amide bonds. The fourth-order valence-electron chi connectivity index (χ4n) is 1.67. The van der Waals surface area contributed by atoms with Crippen LogP contribution in [0.5, 0.6) is 0 Å². The highest BCUT2D eigenvalue weighted by molar-refractivity contribution is 7.98. The third-order valence-electron chi connectivity index (χ3n) is 2.59. The molecule has 2 aromatic heterocycles. The zero-order valence-corrected chi connectivity index (χ0v) is 11.0. The van der Waals surface area contributed by atoms with Crippen molar-refractivity contribution in [1.29, 1.82) is 0 Å². The van der Waals surface area contributed by atoms with Crippen molar-refractivity contribution in [1.82, 2.24) is 24.6 Å². The molecule has 1 aromatic carbocycles. The van der Waals surface area contributed by atoms with Crippen molar-refractivity contribution in [3.8, 4) is 11.4 Å². The molecular weight excluding hydrogens is 286 g/mol. The van der Waals surface area contributed by atoms with Crippen LogP contribution in [-0.4, -0.2) is 30.8 Å². The van der Waals surface area contributed by atoms with Crippen LogP contribution in [0.25, 0.3) is 17.2 Å². The van der Waals surface area contributed by atoms with E-state index in [-0.39, 0.29) is 23.1 Å². The van der Waals surface area contributed by atoms with E-state index in [1.54, 1.807) is 6.26 Å². The van der Waals surface area contributed by atoms with E-state index in [4.69, 9.17) is 5.73 Å². The highest BCUT2D eigenvalue weighted by Crippen LogP contribution is 2.22. The highest BCUT2D eigenvalue weighted by Gasteiger charge is 2.16. The lowest BCUT2D eigenvalue weighted by Crippen LogP contribution is -2.04. The van der Waals surface area contributed by atoms with Gasteiger partial charge >= 0.3 is 0 Å². The minimum absolute atomic E-state index is 0.00116. The number of hydrogen-bond donors (Lipinski definition) is 1. The molecule has 0 fully saturated rings. The lowest BCUT2D eigenvalue weighted by molar-refractivity contribution is 0.510. The van der Waals surface area contributed by atoms with Crippen LogP contribution < -0.4 is 5.73 Å². The van der Waals surface area contributed by atoms with Gasteiger partial charge in [0.1, 0.15) is 0 Å². The molecule has 0 aliphatic carbocycles. The lowest BCUT2D eigenvalue weighted by atomic mass is 10.2. The van der Waals surface area contributed by atoms with Crippen molar-refractivity contribution in [3.05, 3.63) is 29.8 Å². The molecule has 0 saturated heterocycles. The van der Waals surface area contributed by atoms with E-state index >= 15 is 0 Å². The van der Waals surface area contributed by atoms with Gasteiger partial charge in [0.2, 0.25) is 5.95 Å². The molecule has 20 heavy (non-hydrogen) atoms. The molecule has 0 spiro atoms. The van der Waals surface area contributed by atoms with Crippen molar-refractivity contribution in [3.63, 3.8) is 0 Å². The molecule has 2 heterocycles. The van der Waals surface area contributed by atoms with E-state index in [9.17, 15) is 8.78 Å². The summed E-state index contributed by atoms with van der Waals surface area (Å²) in [6.45, 7) is 0. The third kappa shape index (κ3) is 1.95. The van der Waals surface area contributed by atoms with Gasteiger partial charge in [-0.3, -0.25) is 0 Å². The molecule has 0 radical (unpaired) electrons. The molecular formula is C11H8F2N6S. The molecule has 0 aliphatic rings. The number of rotatable bonds is 2. The summed E-state index contributed by atoms with van der Waals surface area (Å²) in [4.78, 5) is 12.1. The zero-order valence-electron chi connectivity index (χ0n) is 10.2. The molecule has 0 atom stereocenters. The van der Waals surface area contributed by atoms with E-state index in [0.29, 0.717) is 5.16 Å². The van der Waals surface area contributed by atoms with Gasteiger partial charge in [-0.25, -0.2) is 8.78 Å². The van der Waals surface area contributed by atoms with Crippen LogP contribution in [0.2, 0.25) is 0 Å². The first-order valence-electron chi connectivity index (χ1n) is 5.49. The number of aromatic nitrogens is 5. The predicted octanol–water partition coefficient (Wildman–Crippen LogP) is 1.77. The van der Waals surface area contributed by atoms with Crippen LogP contribution in [0.15, 0.2) is 23.4 Å². The van der Waals surface area contributed by atoms with Gasteiger partial charge in [0.05, 0.1) is 5.56 Å². The Morgan fingerprint density at radius 3 is 2.75 bits per heavy atom. The maximum absolute atomic E-state index is 13.7. The van der Waals surface area contributed by atoms with E-state index in [2.05, 4.69) is 20.1 Å². The number of benzene rings is 1. The van der Waals surface area contributed by atoms with Crippen LogP contribution >= 0.6 is 11.8 Å². The maximum Gasteiger partial charge on any atom is 0.258 e. The average molecular weight is 294 g/mol. The van der Waals surface area contributed by atoms with Gasteiger partial charge in [0.15, 0.2) is 22.6 Å². The number of fused-ring (bicyclic) bond motifs is 1. The molecule has 9 heteroatoms. The Morgan fingerprint density at radius 2 is 2.00 bits per heavy atom. The van der Waals surface area contributed by atoms with Crippen molar-refractivity contribution >= 4 is 23.5 Å². The number of hydrogen-bond acceptors (Lipinski definition) is 6. The minimum Gasteiger partial charge on any atom is -0.368 e. The average Bonchev–Trinajstić information content (AvgIpc) is 2.86. The van der Waals surface area contributed by atoms with Gasteiger partial charge < -0.3 is 5.73 Å². The Hall–Kier alpha value is -2.29. The van der Waals surface area contributed by atoms with Gasteiger partial charge in [0, 0.05) is 0 Å². The third-order valence-corrected chi connectivity index (χ3v) is 3.14. The highest BCUT2D eigenvalue weighted by atomic mass is 32.2. The number of nitrogen functional groups attached to an aromatic ring is 1. The van der Waals surface area contributed by atoms with E-state index in [1.807, 2.05) is 0 Å². The molecule has 3 aromatic rings. The summed E-state index contributed by atoms with van der Waals surface area (Å²) >= 11 is 1.29. The summed E-state index contributed by atoms with van der Waals surface area (Å²) in [7, 11) is 0. The normalized spacial score (nSPS) is 11.2. The quantitative estimate of drug-likeness (QED) is 0.725. The summed E-state index contributed by atoms with van der Waals surface area (Å²) < 4.78 is 28.1. The SMILES string of the molecule is CSc1nc(N)n2nc(-c3cccc(F)c3F)nc2n1. The second-order valence-corrected chi connectivity index (χ2v) is 4.59. The van der Waals surface area contributed by atoms with E-state index in [1.165, 1.54) is 28.4 Å². The molecule has 0 unspecified atom stereocenters. The summed E-state index contributed by atoms with van der Waals surface area (Å²) in [5.74, 6) is -1.72. The smallest absolute Gasteiger partial charge is 0.258 e. The van der Waals surface area contributed by atoms with Crippen LogP contribution in [0.4, 0.5) is 14.7 Å². The number of halogens is 2. The lowest BCUT2D eigenvalue weighted by Gasteiger charge is -1.98. The topological polar surface area (TPSA) is 82.0 Å². The van der Waals surface area contributed by atoms with Crippen molar-refractivity contribution in [2.24, 2.45) is 0 Å². The van der Waals surface area contributed by atoms with Crippen LogP contribution in [0.3, 0.4) is 0 Å². The Balaban J connectivity index is 2.23. The van der Waals surface area contributed by atoms with Crippen LogP contribution in [-0.2, 0) is 0 Å². The van der Waals surface area contributed by atoms with E-state index in [0.717, 1.165) is 6.07 Å². The molecule has 102 valence electrons. The summed E-state index contributed by atoms with van der Waals surface area (Å²) in [6, 6.07) is 3.78. The van der Waals surface area contributed by atoms with Crippen molar-refractivity contribution in [2.75, 3.05) is 12.0 Å². The van der Waals surface area contributed by atoms with Crippen LogP contribution in [0, 0.1) is 11.6 Å². The first kappa shape index (κ1) is 12.7. The Bertz CT molecular complexity index is 803. The summed E-state index contributed by atoms with van der Waals surface area (Å²) in [5.41, 5.74) is 5.67. The number of nitrogens with two attached hydrogens (primary N) is 1. The maximum atomic E-state index is 13.7. The second-order valence-electron chi connectivity index (χ2n) is 3.82. The monoisotopic (exact) mass is 294 g/mol. The Labute approximate surface area is 116 Å². The molecule has 2 N–H and O–H groups in total. The Kier molecular flexibility index (Phi) is 2.97. The molecule has 0 aliphatic heterocycles. The molecule has 3 rings (SSSR count). The molecule has 0 saturated carbocycles. The number of anilines is 1. The van der Waals surface area contributed by atoms with Crippen LogP contribution in [0.1, 0.15) is 0 Å². The molecule has 0 bridgehead atoms. The number of nitrogens with zero attached hydrogens (tertiary/aromatic N) is 5. The fourth-order valence-corrected chi connectivity index (χ4v) is 2.03. The standard InChI is InChI=1S/C11H8F2N6S/c1-20-11-16-9(14)19-10(17-11)15-8(18-19)5-3-2-4-6(12)7(5)13/h2-4H,1H3,(H2,14,15,16,17,18). The largest absolute Gasteiger partial charge is 0.368 e.